The minimum atomic E-state index is -4.74. The molecule has 0 aliphatic carbocycles. The maximum absolute atomic E-state index is 13.0. The number of pyridine rings is 2. The van der Waals surface area contributed by atoms with Gasteiger partial charge in [0.15, 0.2) is 5.65 Å². The Morgan fingerprint density at radius 2 is 1.75 bits per heavy atom. The van der Waals surface area contributed by atoms with Gasteiger partial charge in [0.05, 0.1) is 17.1 Å². The summed E-state index contributed by atoms with van der Waals surface area (Å²) in [6.07, 6.45) is -7.59. The zero-order valence-corrected chi connectivity index (χ0v) is 15.6. The van der Waals surface area contributed by atoms with Crippen LogP contribution in [0.4, 0.5) is 32.2 Å². The lowest BCUT2D eigenvalue weighted by molar-refractivity contribution is -0.141. The number of amides is 1. The molecule has 166 valence electrons. The number of halogens is 6. The summed E-state index contributed by atoms with van der Waals surface area (Å²) in [6, 6.07) is 4.53. The maximum Gasteiger partial charge on any atom is 0.433 e. The third-order valence-corrected chi connectivity index (χ3v) is 4.40. The molecular formula is C18H10F6N6O2. The van der Waals surface area contributed by atoms with Gasteiger partial charge in [-0.05, 0) is 24.3 Å². The van der Waals surface area contributed by atoms with Crippen molar-refractivity contribution in [2.24, 2.45) is 0 Å². The van der Waals surface area contributed by atoms with E-state index in [2.05, 4.69) is 20.4 Å². The predicted octanol–water partition coefficient (Wildman–Crippen LogP) is 3.12. The summed E-state index contributed by atoms with van der Waals surface area (Å²) in [5.74, 6) is -0.987. The van der Waals surface area contributed by atoms with E-state index in [1.54, 1.807) is 0 Å². The van der Waals surface area contributed by atoms with Crippen LogP contribution in [-0.4, -0.2) is 30.1 Å². The monoisotopic (exact) mass is 456 g/mol. The zero-order valence-electron chi connectivity index (χ0n) is 15.6. The topological polar surface area (TPSA) is 94.2 Å². The molecule has 0 aromatic carbocycles. The molecule has 0 saturated heterocycles. The lowest BCUT2D eigenvalue weighted by atomic mass is 10.2. The Morgan fingerprint density at radius 3 is 2.38 bits per heavy atom. The van der Waals surface area contributed by atoms with Gasteiger partial charge in [-0.1, -0.05) is 0 Å². The number of nitrogens with zero attached hydrogens (tertiary/aromatic N) is 5. The molecule has 0 saturated carbocycles. The van der Waals surface area contributed by atoms with Crippen LogP contribution in [0.15, 0.2) is 47.5 Å². The number of nitrogens with one attached hydrogen (secondary N) is 1. The number of hydrogen-bond donors (Lipinski definition) is 1. The summed E-state index contributed by atoms with van der Waals surface area (Å²) in [7, 11) is 0. The second-order valence-electron chi connectivity index (χ2n) is 6.54. The second-order valence-corrected chi connectivity index (χ2v) is 6.54. The lowest BCUT2D eigenvalue weighted by Crippen LogP contribution is -2.30. The minimum absolute atomic E-state index is 0.00940. The van der Waals surface area contributed by atoms with Gasteiger partial charge in [0.25, 0.3) is 5.56 Å². The summed E-state index contributed by atoms with van der Waals surface area (Å²) in [5.41, 5.74) is -3.38. The van der Waals surface area contributed by atoms with Gasteiger partial charge in [-0.15, -0.1) is 0 Å². The molecule has 32 heavy (non-hydrogen) atoms. The van der Waals surface area contributed by atoms with E-state index in [9.17, 15) is 35.9 Å². The van der Waals surface area contributed by atoms with E-state index in [1.165, 1.54) is 12.3 Å². The molecule has 0 atom stereocenters. The number of rotatable bonds is 3. The van der Waals surface area contributed by atoms with Crippen molar-refractivity contribution in [2.45, 2.75) is 18.9 Å². The van der Waals surface area contributed by atoms with E-state index < -0.39 is 41.6 Å². The van der Waals surface area contributed by atoms with Crippen LogP contribution in [0.1, 0.15) is 11.3 Å². The average molecular weight is 456 g/mol. The van der Waals surface area contributed by atoms with Crippen molar-refractivity contribution in [2.75, 3.05) is 5.32 Å². The lowest BCUT2D eigenvalue weighted by Gasteiger charge is -2.12. The van der Waals surface area contributed by atoms with E-state index in [-0.39, 0.29) is 22.5 Å². The van der Waals surface area contributed by atoms with Crippen molar-refractivity contribution >= 4 is 28.4 Å². The first kappa shape index (κ1) is 21.3. The summed E-state index contributed by atoms with van der Waals surface area (Å²) in [6.45, 7) is -0.603. The number of carbonyl (C=O) groups excluding carboxylic acids is 1. The van der Waals surface area contributed by atoms with E-state index in [1.807, 2.05) is 0 Å². The molecule has 8 nitrogen and oxygen atoms in total. The van der Waals surface area contributed by atoms with Crippen molar-refractivity contribution in [1.29, 1.82) is 0 Å². The van der Waals surface area contributed by atoms with Crippen molar-refractivity contribution in [3.05, 3.63) is 64.3 Å². The fourth-order valence-electron chi connectivity index (χ4n) is 2.96. The fraction of sp³-hybridized carbons (Fsp3) is 0.167. The quantitative estimate of drug-likeness (QED) is 0.478. The van der Waals surface area contributed by atoms with Gasteiger partial charge < -0.3 is 5.32 Å². The predicted molar refractivity (Wildman–Crippen MR) is 97.6 cm³/mol. The molecule has 0 fully saturated rings. The van der Waals surface area contributed by atoms with Crippen LogP contribution in [0.2, 0.25) is 0 Å². The van der Waals surface area contributed by atoms with Crippen molar-refractivity contribution in [3.63, 3.8) is 0 Å². The van der Waals surface area contributed by atoms with E-state index in [0.717, 1.165) is 27.3 Å². The molecule has 0 spiro atoms. The fourth-order valence-corrected chi connectivity index (χ4v) is 2.96. The van der Waals surface area contributed by atoms with Gasteiger partial charge in [0.2, 0.25) is 5.91 Å². The Balaban J connectivity index is 1.68. The molecule has 14 heteroatoms. The van der Waals surface area contributed by atoms with Crippen molar-refractivity contribution < 1.29 is 31.1 Å². The number of hydrogen-bond acceptors (Lipinski definition) is 5. The van der Waals surface area contributed by atoms with Crippen LogP contribution in [-0.2, 0) is 23.7 Å². The average Bonchev–Trinajstić information content (AvgIpc) is 3.20. The minimum Gasteiger partial charge on any atom is -0.309 e. The van der Waals surface area contributed by atoms with Crippen LogP contribution in [0.25, 0.3) is 16.7 Å². The van der Waals surface area contributed by atoms with E-state index in [0.29, 0.717) is 12.3 Å². The first-order valence-electron chi connectivity index (χ1n) is 8.73. The Kier molecular flexibility index (Phi) is 4.86. The van der Waals surface area contributed by atoms with Gasteiger partial charge in [-0.3, -0.25) is 14.2 Å². The molecule has 0 aliphatic heterocycles. The molecule has 0 radical (unpaired) electrons. The standard InChI is InChI=1S/C18H10F6N6O2/c19-17(20,21)9-1-4-12(25-7-9)28-13(31)8-29-14-5-6-26-30(14)15-10(16(29)32)2-3-11(27-15)18(22,23)24/h1-7H,8H2,(H,25,28,31). The third-order valence-electron chi connectivity index (χ3n) is 4.40. The molecule has 4 aromatic heterocycles. The maximum atomic E-state index is 13.0. The number of fused-ring (bicyclic) bond motifs is 3. The summed E-state index contributed by atoms with van der Waals surface area (Å²) in [5, 5.41) is 5.92. The molecule has 0 bridgehead atoms. The van der Waals surface area contributed by atoms with Gasteiger partial charge in [0, 0.05) is 12.3 Å². The van der Waals surface area contributed by atoms with Crippen LogP contribution >= 0.6 is 0 Å². The first-order valence-corrected chi connectivity index (χ1v) is 8.73. The number of carbonyl (C=O) groups is 1. The molecule has 0 aliphatic rings. The molecule has 4 rings (SSSR count). The van der Waals surface area contributed by atoms with Crippen LogP contribution < -0.4 is 10.9 Å². The Bertz CT molecular complexity index is 1390. The zero-order chi connectivity index (χ0) is 23.3. The third kappa shape index (κ3) is 3.86. The number of anilines is 1. The van der Waals surface area contributed by atoms with E-state index >= 15 is 0 Å². The number of aromatic nitrogens is 5. The summed E-state index contributed by atoms with van der Waals surface area (Å²) < 4.78 is 78.7. The number of alkyl halides is 6. The van der Waals surface area contributed by atoms with Gasteiger partial charge in [-0.25, -0.2) is 9.97 Å². The first-order chi connectivity index (χ1) is 14.9. The second kappa shape index (κ2) is 7.32. The van der Waals surface area contributed by atoms with Crippen LogP contribution in [0, 0.1) is 0 Å². The van der Waals surface area contributed by atoms with E-state index in [4.69, 9.17) is 0 Å². The highest BCUT2D eigenvalue weighted by Gasteiger charge is 2.33. The highest BCUT2D eigenvalue weighted by Crippen LogP contribution is 2.29. The molecule has 1 N–H and O–H groups in total. The highest BCUT2D eigenvalue weighted by atomic mass is 19.4. The van der Waals surface area contributed by atoms with Crippen LogP contribution in [0.3, 0.4) is 0 Å². The highest BCUT2D eigenvalue weighted by molar-refractivity contribution is 5.90. The SMILES string of the molecule is O=C(Cn1c(=O)c2ccc(C(F)(F)F)nc2n2nccc12)Nc1ccc(C(F)(F)F)cn1. The van der Waals surface area contributed by atoms with Gasteiger partial charge >= 0.3 is 12.4 Å². The molecule has 4 aromatic rings. The summed E-state index contributed by atoms with van der Waals surface area (Å²) >= 11 is 0. The molecule has 0 unspecified atom stereocenters. The molecule has 4 heterocycles. The van der Waals surface area contributed by atoms with Crippen LogP contribution in [0.5, 0.6) is 0 Å². The Hall–Kier alpha value is -3.97. The molecular weight excluding hydrogens is 446 g/mol. The largest absolute Gasteiger partial charge is 0.433 e. The normalized spacial score (nSPS) is 12.4. The van der Waals surface area contributed by atoms with Gasteiger partial charge in [0.1, 0.15) is 23.7 Å². The van der Waals surface area contributed by atoms with Crippen molar-refractivity contribution in [1.82, 2.24) is 24.1 Å². The Labute approximate surface area is 173 Å². The molecule has 1 amide bonds. The Morgan fingerprint density at radius 1 is 1.00 bits per heavy atom. The van der Waals surface area contributed by atoms with Gasteiger partial charge in [-0.2, -0.15) is 36.0 Å². The smallest absolute Gasteiger partial charge is 0.309 e. The summed E-state index contributed by atoms with van der Waals surface area (Å²) in [4.78, 5) is 32.2. The van der Waals surface area contributed by atoms with Crippen molar-refractivity contribution in [3.8, 4) is 0 Å².